The molecule has 0 radical (unpaired) electrons. The summed E-state index contributed by atoms with van der Waals surface area (Å²) in [6.07, 6.45) is 1.52. The largest absolute Gasteiger partial charge is 0.298 e. The van der Waals surface area contributed by atoms with E-state index in [0.717, 1.165) is 5.52 Å². The van der Waals surface area contributed by atoms with Crippen LogP contribution in [0.5, 0.6) is 0 Å². The molecule has 3 aromatic rings. The van der Waals surface area contributed by atoms with Crippen molar-refractivity contribution in [3.05, 3.63) is 33.1 Å². The Morgan fingerprint density at radius 2 is 2.33 bits per heavy atom. The molecule has 0 aliphatic rings. The quantitative estimate of drug-likeness (QED) is 0.539. The second kappa shape index (κ2) is 4.44. The van der Waals surface area contributed by atoms with E-state index in [1.54, 1.807) is 0 Å². The fraction of sp³-hybridized carbons (Fsp3) is 0.111. The second-order valence-corrected chi connectivity index (χ2v) is 5.44. The highest BCUT2D eigenvalue weighted by molar-refractivity contribution is 7.17. The lowest BCUT2D eigenvalue weighted by atomic mass is 10.4. The molecular formula is C9H8N6OS2. The Morgan fingerprint density at radius 1 is 1.44 bits per heavy atom. The normalized spacial score (nSPS) is 10.9. The summed E-state index contributed by atoms with van der Waals surface area (Å²) in [5, 5.41) is 10.8. The number of nitrogens with two attached hydrogens (primary N) is 1. The fourth-order valence-electron chi connectivity index (χ4n) is 1.51. The SMILES string of the molecule is NNc1nnc(Cn2cnc3ccsc3c2=O)s1. The highest BCUT2D eigenvalue weighted by atomic mass is 32.1. The lowest BCUT2D eigenvalue weighted by Gasteiger charge is -2.01. The lowest BCUT2D eigenvalue weighted by Crippen LogP contribution is -2.20. The Bertz CT molecular complexity index is 745. The number of hydrogen-bond donors (Lipinski definition) is 2. The van der Waals surface area contributed by atoms with Gasteiger partial charge < -0.3 is 0 Å². The van der Waals surface area contributed by atoms with Crippen molar-refractivity contribution in [2.24, 2.45) is 5.84 Å². The van der Waals surface area contributed by atoms with Crippen molar-refractivity contribution in [1.29, 1.82) is 0 Å². The van der Waals surface area contributed by atoms with E-state index in [9.17, 15) is 4.79 Å². The molecule has 18 heavy (non-hydrogen) atoms. The number of nitrogens with one attached hydrogen (secondary N) is 1. The zero-order chi connectivity index (χ0) is 12.5. The average molecular weight is 280 g/mol. The number of fused-ring (bicyclic) bond motifs is 1. The molecular weight excluding hydrogens is 272 g/mol. The summed E-state index contributed by atoms with van der Waals surface area (Å²) in [5.74, 6) is 5.23. The van der Waals surface area contributed by atoms with Gasteiger partial charge in [0.25, 0.3) is 5.56 Å². The first-order valence-electron chi connectivity index (χ1n) is 4.99. The molecule has 0 saturated carbocycles. The van der Waals surface area contributed by atoms with Crippen LogP contribution in [0.15, 0.2) is 22.6 Å². The minimum atomic E-state index is -0.0625. The van der Waals surface area contributed by atoms with Gasteiger partial charge in [0.2, 0.25) is 5.13 Å². The number of hydrogen-bond acceptors (Lipinski definition) is 8. The number of anilines is 1. The highest BCUT2D eigenvalue weighted by Gasteiger charge is 2.08. The summed E-state index contributed by atoms with van der Waals surface area (Å²) in [4.78, 5) is 16.3. The number of nitrogen functional groups attached to an aromatic ring is 1. The molecule has 0 atom stereocenters. The van der Waals surface area contributed by atoms with E-state index in [4.69, 9.17) is 5.84 Å². The summed E-state index contributed by atoms with van der Waals surface area (Å²) >= 11 is 2.69. The number of aromatic nitrogens is 4. The van der Waals surface area contributed by atoms with Crippen molar-refractivity contribution < 1.29 is 0 Å². The molecule has 9 heteroatoms. The molecule has 3 aromatic heterocycles. The minimum Gasteiger partial charge on any atom is -0.298 e. The molecule has 3 rings (SSSR count). The third kappa shape index (κ3) is 1.88. The first-order chi connectivity index (χ1) is 8.78. The molecule has 0 aromatic carbocycles. The van der Waals surface area contributed by atoms with Crippen molar-refractivity contribution in [1.82, 2.24) is 19.7 Å². The summed E-state index contributed by atoms with van der Waals surface area (Å²) in [6.45, 7) is 0.346. The van der Waals surface area contributed by atoms with Gasteiger partial charge in [-0.1, -0.05) is 11.3 Å². The fourth-order valence-corrected chi connectivity index (χ4v) is 2.95. The lowest BCUT2D eigenvalue weighted by molar-refractivity contribution is 0.735. The van der Waals surface area contributed by atoms with E-state index >= 15 is 0 Å². The van der Waals surface area contributed by atoms with Crippen molar-refractivity contribution in [3.8, 4) is 0 Å². The van der Waals surface area contributed by atoms with Gasteiger partial charge in [-0.3, -0.25) is 14.8 Å². The molecule has 0 bridgehead atoms. The molecule has 0 fully saturated rings. The Morgan fingerprint density at radius 3 is 3.11 bits per heavy atom. The minimum absolute atomic E-state index is 0.0625. The monoisotopic (exact) mass is 280 g/mol. The molecule has 3 heterocycles. The van der Waals surface area contributed by atoms with Crippen LogP contribution in [0.25, 0.3) is 10.2 Å². The Kier molecular flexibility index (Phi) is 2.78. The number of nitrogens with zero attached hydrogens (tertiary/aromatic N) is 4. The van der Waals surface area contributed by atoms with Crippen LogP contribution in [0.4, 0.5) is 5.13 Å². The molecule has 0 spiro atoms. The van der Waals surface area contributed by atoms with Gasteiger partial charge in [-0.2, -0.15) is 0 Å². The molecule has 0 saturated heterocycles. The maximum absolute atomic E-state index is 12.1. The van der Waals surface area contributed by atoms with Gasteiger partial charge in [-0.25, -0.2) is 10.8 Å². The summed E-state index contributed by atoms with van der Waals surface area (Å²) in [7, 11) is 0. The Balaban J connectivity index is 1.99. The van der Waals surface area contributed by atoms with E-state index in [1.165, 1.54) is 33.6 Å². The predicted octanol–water partition coefficient (Wildman–Crippen LogP) is 0.643. The first kappa shape index (κ1) is 11.3. The maximum atomic E-state index is 12.1. The van der Waals surface area contributed by atoms with Crippen LogP contribution in [0.3, 0.4) is 0 Å². The van der Waals surface area contributed by atoms with Crippen molar-refractivity contribution in [3.63, 3.8) is 0 Å². The summed E-state index contributed by atoms with van der Waals surface area (Å²) in [6, 6.07) is 1.83. The van der Waals surface area contributed by atoms with Gasteiger partial charge in [0.1, 0.15) is 9.71 Å². The summed E-state index contributed by atoms with van der Waals surface area (Å²) in [5.41, 5.74) is 3.08. The van der Waals surface area contributed by atoms with Crippen LogP contribution in [-0.2, 0) is 6.54 Å². The average Bonchev–Trinajstić information content (AvgIpc) is 3.01. The summed E-state index contributed by atoms with van der Waals surface area (Å²) < 4.78 is 2.17. The van der Waals surface area contributed by atoms with Crippen molar-refractivity contribution in [2.45, 2.75) is 6.54 Å². The van der Waals surface area contributed by atoms with E-state index in [1.807, 2.05) is 11.4 Å². The van der Waals surface area contributed by atoms with E-state index in [2.05, 4.69) is 20.6 Å². The van der Waals surface area contributed by atoms with Gasteiger partial charge in [0, 0.05) is 0 Å². The highest BCUT2D eigenvalue weighted by Crippen LogP contribution is 2.16. The van der Waals surface area contributed by atoms with Gasteiger partial charge in [0.15, 0.2) is 0 Å². The smallest absolute Gasteiger partial charge is 0.271 e. The van der Waals surface area contributed by atoms with Crippen LogP contribution in [0, 0.1) is 0 Å². The van der Waals surface area contributed by atoms with Crippen molar-refractivity contribution in [2.75, 3.05) is 5.43 Å². The third-order valence-electron chi connectivity index (χ3n) is 2.33. The van der Waals surface area contributed by atoms with Crippen LogP contribution in [0.2, 0.25) is 0 Å². The van der Waals surface area contributed by atoms with Crippen LogP contribution < -0.4 is 16.8 Å². The van der Waals surface area contributed by atoms with Gasteiger partial charge in [0.05, 0.1) is 18.4 Å². The van der Waals surface area contributed by atoms with E-state index in [-0.39, 0.29) is 5.56 Å². The number of hydrazine groups is 1. The van der Waals surface area contributed by atoms with Gasteiger partial charge in [-0.15, -0.1) is 21.5 Å². The van der Waals surface area contributed by atoms with Crippen LogP contribution in [0.1, 0.15) is 5.01 Å². The van der Waals surface area contributed by atoms with Gasteiger partial charge in [-0.05, 0) is 11.4 Å². The molecule has 0 amide bonds. The van der Waals surface area contributed by atoms with Gasteiger partial charge >= 0.3 is 0 Å². The standard InChI is InChI=1S/C9H8N6OS2/c10-12-9-14-13-6(18-9)3-15-4-11-5-1-2-17-7(5)8(15)16/h1-2,4H,3,10H2,(H,12,14). The number of thiophene rings is 1. The molecule has 0 aliphatic carbocycles. The molecule has 92 valence electrons. The van der Waals surface area contributed by atoms with Crippen LogP contribution in [-0.4, -0.2) is 19.7 Å². The molecule has 3 N–H and O–H groups in total. The zero-order valence-electron chi connectivity index (χ0n) is 9.03. The predicted molar refractivity (Wildman–Crippen MR) is 70.7 cm³/mol. The molecule has 7 nitrogen and oxygen atoms in total. The van der Waals surface area contributed by atoms with E-state index < -0.39 is 0 Å². The Hall–Kier alpha value is -1.84. The third-order valence-corrected chi connectivity index (χ3v) is 4.06. The van der Waals surface area contributed by atoms with E-state index in [0.29, 0.717) is 21.4 Å². The second-order valence-electron chi connectivity index (χ2n) is 3.46. The first-order valence-corrected chi connectivity index (χ1v) is 6.69. The zero-order valence-corrected chi connectivity index (χ0v) is 10.7. The van der Waals surface area contributed by atoms with Crippen molar-refractivity contribution >= 4 is 38.0 Å². The molecule has 0 unspecified atom stereocenters. The van der Waals surface area contributed by atoms with Crippen LogP contribution >= 0.6 is 22.7 Å². The Labute approximate surface area is 109 Å². The maximum Gasteiger partial charge on any atom is 0.271 e. The molecule has 0 aliphatic heterocycles. The number of rotatable bonds is 3. The topological polar surface area (TPSA) is 98.7 Å².